The molecule has 0 radical (unpaired) electrons. The van der Waals surface area contributed by atoms with Gasteiger partial charge in [-0.1, -0.05) is 28.1 Å². The Labute approximate surface area is 184 Å². The molecule has 0 aromatic heterocycles. The van der Waals surface area contributed by atoms with Gasteiger partial charge in [0.25, 0.3) is 0 Å². The van der Waals surface area contributed by atoms with E-state index >= 15 is 0 Å². The van der Waals surface area contributed by atoms with Crippen molar-refractivity contribution < 1.29 is 14.4 Å². The molecule has 6 atom stereocenters. The fourth-order valence-corrected chi connectivity index (χ4v) is 6.98. The molecule has 1 saturated heterocycles. The highest BCUT2D eigenvalue weighted by Crippen LogP contribution is 2.65. The van der Waals surface area contributed by atoms with E-state index in [1.165, 1.54) is 6.42 Å². The van der Waals surface area contributed by atoms with Gasteiger partial charge in [-0.25, -0.2) is 0 Å². The molecule has 5 nitrogen and oxygen atoms in total. The lowest BCUT2D eigenvalue weighted by Crippen LogP contribution is -2.44. The summed E-state index contributed by atoms with van der Waals surface area (Å²) in [4.78, 5) is 40.8. The molecule has 7 rings (SSSR count). The Hall–Kier alpha value is -1.95. The molecule has 156 valence electrons. The SMILES string of the molecule is O=C(Nc1ccc(Br)cc1)C1CCC(N2C(=O)[C@@H]3[C@@H]4C=C[C@H]([C@@H]5C[C@H]45)[C@@H]3C2=O)CC1. The van der Waals surface area contributed by atoms with Gasteiger partial charge in [0.05, 0.1) is 11.8 Å². The Morgan fingerprint density at radius 2 is 1.47 bits per heavy atom. The number of nitrogens with zero attached hydrogens (tertiary/aromatic N) is 1. The largest absolute Gasteiger partial charge is 0.326 e. The van der Waals surface area contributed by atoms with Gasteiger partial charge in [-0.05, 0) is 80.0 Å². The van der Waals surface area contributed by atoms with Crippen LogP contribution in [0.1, 0.15) is 32.1 Å². The van der Waals surface area contributed by atoms with Gasteiger partial charge in [-0.15, -0.1) is 0 Å². The topological polar surface area (TPSA) is 66.5 Å². The maximum Gasteiger partial charge on any atom is 0.233 e. The van der Waals surface area contributed by atoms with Crippen molar-refractivity contribution in [2.24, 2.45) is 41.4 Å². The second-order valence-electron chi connectivity index (χ2n) is 9.70. The summed E-state index contributed by atoms with van der Waals surface area (Å²) < 4.78 is 0.975. The van der Waals surface area contributed by atoms with Crippen LogP contribution in [0.2, 0.25) is 0 Å². The molecular formula is C24H25BrN2O3. The van der Waals surface area contributed by atoms with Gasteiger partial charge in [0.1, 0.15) is 0 Å². The Morgan fingerprint density at radius 3 is 2.03 bits per heavy atom. The number of halogens is 1. The zero-order chi connectivity index (χ0) is 20.6. The van der Waals surface area contributed by atoms with E-state index < -0.39 is 0 Å². The first-order chi connectivity index (χ1) is 14.5. The third-order valence-corrected chi connectivity index (χ3v) is 8.77. The Morgan fingerprint density at radius 1 is 0.900 bits per heavy atom. The van der Waals surface area contributed by atoms with Crippen LogP contribution in [0.5, 0.6) is 0 Å². The van der Waals surface area contributed by atoms with Crippen LogP contribution in [0, 0.1) is 41.4 Å². The number of amides is 3. The lowest BCUT2D eigenvalue weighted by atomic mass is 9.63. The fraction of sp³-hybridized carbons (Fsp3) is 0.542. The van der Waals surface area contributed by atoms with Gasteiger partial charge < -0.3 is 5.32 Å². The molecule has 0 unspecified atom stereocenters. The third-order valence-electron chi connectivity index (χ3n) is 8.24. The van der Waals surface area contributed by atoms with Gasteiger partial charge in [0.15, 0.2) is 0 Å². The smallest absolute Gasteiger partial charge is 0.233 e. The molecule has 5 aliphatic carbocycles. The molecular weight excluding hydrogens is 444 g/mol. The first kappa shape index (κ1) is 18.8. The zero-order valence-electron chi connectivity index (χ0n) is 16.7. The van der Waals surface area contributed by atoms with Crippen LogP contribution in [-0.4, -0.2) is 28.7 Å². The van der Waals surface area contributed by atoms with Gasteiger partial charge in [-0.2, -0.15) is 0 Å². The molecule has 3 saturated carbocycles. The summed E-state index contributed by atoms with van der Waals surface area (Å²) in [7, 11) is 0. The fourth-order valence-electron chi connectivity index (χ4n) is 6.71. The average Bonchev–Trinajstić information content (AvgIpc) is 3.53. The van der Waals surface area contributed by atoms with Crippen molar-refractivity contribution in [1.29, 1.82) is 0 Å². The molecule has 1 N–H and O–H groups in total. The predicted molar refractivity (Wildman–Crippen MR) is 115 cm³/mol. The van der Waals surface area contributed by atoms with Crippen molar-refractivity contribution in [3.63, 3.8) is 0 Å². The highest BCUT2D eigenvalue weighted by atomic mass is 79.9. The third kappa shape index (κ3) is 2.75. The summed E-state index contributed by atoms with van der Waals surface area (Å²) >= 11 is 3.40. The van der Waals surface area contributed by atoms with E-state index in [2.05, 4.69) is 33.4 Å². The number of anilines is 1. The molecule has 1 aromatic rings. The molecule has 6 heteroatoms. The van der Waals surface area contributed by atoms with E-state index in [9.17, 15) is 14.4 Å². The highest BCUT2D eigenvalue weighted by Gasteiger charge is 2.67. The molecule has 0 spiro atoms. The number of rotatable bonds is 3. The summed E-state index contributed by atoms with van der Waals surface area (Å²) in [6, 6.07) is 7.53. The molecule has 6 aliphatic rings. The summed E-state index contributed by atoms with van der Waals surface area (Å²) in [5.74, 6) is 1.70. The number of benzene rings is 1. The summed E-state index contributed by atoms with van der Waals surface area (Å²) in [6.45, 7) is 0. The molecule has 1 heterocycles. The summed E-state index contributed by atoms with van der Waals surface area (Å²) in [6.07, 6.45) is 8.52. The Balaban J connectivity index is 1.11. The Bertz CT molecular complexity index is 914. The van der Waals surface area contributed by atoms with E-state index in [1.54, 1.807) is 4.90 Å². The van der Waals surface area contributed by atoms with Crippen LogP contribution in [0.25, 0.3) is 0 Å². The Kier molecular flexibility index (Phi) is 4.24. The quantitative estimate of drug-likeness (QED) is 0.538. The van der Waals surface area contributed by atoms with Gasteiger partial charge >= 0.3 is 0 Å². The second-order valence-corrected chi connectivity index (χ2v) is 10.6. The van der Waals surface area contributed by atoms with Crippen LogP contribution in [0.3, 0.4) is 0 Å². The van der Waals surface area contributed by atoms with E-state index in [0.717, 1.165) is 35.8 Å². The van der Waals surface area contributed by atoms with Crippen LogP contribution in [-0.2, 0) is 14.4 Å². The normalized spacial score (nSPS) is 40.9. The van der Waals surface area contributed by atoms with Crippen LogP contribution >= 0.6 is 15.9 Å². The van der Waals surface area contributed by atoms with Crippen molar-refractivity contribution in [3.05, 3.63) is 40.9 Å². The number of carbonyl (C=O) groups is 3. The van der Waals surface area contributed by atoms with E-state index in [-0.39, 0.29) is 53.4 Å². The molecule has 2 bridgehead atoms. The lowest BCUT2D eigenvalue weighted by Gasteiger charge is -2.37. The molecule has 1 aliphatic heterocycles. The monoisotopic (exact) mass is 468 g/mol. The number of hydrogen-bond acceptors (Lipinski definition) is 3. The van der Waals surface area contributed by atoms with Crippen molar-refractivity contribution in [1.82, 2.24) is 4.90 Å². The average molecular weight is 469 g/mol. The van der Waals surface area contributed by atoms with Crippen molar-refractivity contribution in [2.45, 2.75) is 38.1 Å². The number of hydrogen-bond donors (Lipinski definition) is 1. The van der Waals surface area contributed by atoms with Crippen LogP contribution < -0.4 is 5.32 Å². The number of nitrogens with one attached hydrogen (secondary N) is 1. The van der Waals surface area contributed by atoms with Crippen LogP contribution in [0.4, 0.5) is 5.69 Å². The molecule has 1 aromatic carbocycles. The summed E-state index contributed by atoms with van der Waals surface area (Å²) in [5.41, 5.74) is 0.792. The minimum atomic E-state index is -0.116. The van der Waals surface area contributed by atoms with E-state index in [1.807, 2.05) is 24.3 Å². The van der Waals surface area contributed by atoms with Gasteiger partial charge in [-0.3, -0.25) is 19.3 Å². The maximum atomic E-state index is 13.3. The maximum absolute atomic E-state index is 13.3. The van der Waals surface area contributed by atoms with Gasteiger partial charge in [0, 0.05) is 22.1 Å². The molecule has 4 fully saturated rings. The standard InChI is InChI=1S/C24H25BrN2O3/c25-13-3-5-14(6-4-13)26-22(28)12-1-7-15(8-2-12)27-23(29)20-16-9-10-17(19-11-18(16)19)21(20)24(27)30/h3-6,9-10,12,15-21H,1-2,7-8,11H2,(H,26,28)/t12?,15?,16-,17-,18-,19+,20-,21+/m1/s1. The van der Waals surface area contributed by atoms with E-state index in [4.69, 9.17) is 0 Å². The first-order valence-corrected chi connectivity index (χ1v) is 11.9. The number of imide groups is 1. The minimum Gasteiger partial charge on any atom is -0.326 e. The second kappa shape index (κ2) is 6.78. The number of allylic oxidation sites excluding steroid dienone is 2. The molecule has 3 amide bonds. The van der Waals surface area contributed by atoms with Crippen molar-refractivity contribution >= 4 is 39.3 Å². The minimum absolute atomic E-state index is 0.0332. The van der Waals surface area contributed by atoms with Gasteiger partial charge in [0.2, 0.25) is 17.7 Å². The first-order valence-electron chi connectivity index (χ1n) is 11.1. The number of likely N-dealkylation sites (tertiary alicyclic amines) is 1. The predicted octanol–water partition coefficient (Wildman–Crippen LogP) is 4.00. The van der Waals surface area contributed by atoms with Crippen LogP contribution in [0.15, 0.2) is 40.9 Å². The van der Waals surface area contributed by atoms with E-state index in [0.29, 0.717) is 11.8 Å². The lowest BCUT2D eigenvalue weighted by molar-refractivity contribution is -0.144. The number of carbonyl (C=O) groups excluding carboxylic acids is 3. The van der Waals surface area contributed by atoms with Crippen molar-refractivity contribution in [2.75, 3.05) is 5.32 Å². The zero-order valence-corrected chi connectivity index (χ0v) is 18.3. The highest BCUT2D eigenvalue weighted by molar-refractivity contribution is 9.10. The van der Waals surface area contributed by atoms with Crippen molar-refractivity contribution in [3.8, 4) is 0 Å². The summed E-state index contributed by atoms with van der Waals surface area (Å²) in [5, 5.41) is 3.00. The molecule has 30 heavy (non-hydrogen) atoms.